The molecule has 82 valence electrons. The van der Waals surface area contributed by atoms with Crippen molar-refractivity contribution >= 4 is 23.2 Å². The van der Waals surface area contributed by atoms with Gasteiger partial charge in [-0.15, -0.1) is 0 Å². The van der Waals surface area contributed by atoms with Crippen molar-refractivity contribution in [3.63, 3.8) is 0 Å². The highest BCUT2D eigenvalue weighted by molar-refractivity contribution is 6.23. The van der Waals surface area contributed by atoms with E-state index in [0.29, 0.717) is 0 Å². The highest BCUT2D eigenvalue weighted by Crippen LogP contribution is 2.07. The number of alkyl halides is 2. The Labute approximate surface area is 93.0 Å². The van der Waals surface area contributed by atoms with Gasteiger partial charge in [-0.05, 0) is 0 Å². The minimum atomic E-state index is -0.299. The monoisotopic (exact) mass is 240 g/mol. The lowest BCUT2D eigenvalue weighted by molar-refractivity contribution is -0.0108. The van der Waals surface area contributed by atoms with Gasteiger partial charge in [-0.25, -0.2) is 0 Å². The van der Waals surface area contributed by atoms with E-state index >= 15 is 0 Å². The predicted octanol–water partition coefficient (Wildman–Crippen LogP) is -0.571. The molecule has 2 atom stereocenters. The first-order chi connectivity index (χ1) is 6.75. The maximum absolute atomic E-state index is 5.92. The maximum Gasteiger partial charge on any atom is 0.139 e. The molecule has 2 unspecified atom stereocenters. The molecule has 5 nitrogen and oxygen atoms in total. The van der Waals surface area contributed by atoms with E-state index in [2.05, 4.69) is 20.9 Å². The molecule has 0 aromatic heterocycles. The van der Waals surface area contributed by atoms with Crippen molar-refractivity contribution in [3.8, 4) is 0 Å². The molecule has 3 N–H and O–H groups in total. The lowest BCUT2D eigenvalue weighted by Crippen LogP contribution is -2.70. The van der Waals surface area contributed by atoms with Gasteiger partial charge in [-0.2, -0.15) is 0 Å². The van der Waals surface area contributed by atoms with Crippen LogP contribution in [-0.4, -0.2) is 48.7 Å². The zero-order chi connectivity index (χ0) is 9.97. The Morgan fingerprint density at radius 2 is 1.57 bits per heavy atom. The molecule has 0 aromatic carbocycles. The molecule has 2 rings (SSSR count). The molecular weight excluding hydrogens is 227 g/mol. The van der Waals surface area contributed by atoms with Crippen LogP contribution in [0.2, 0.25) is 0 Å². The Kier molecular flexibility index (Phi) is 3.84. The molecule has 0 amide bonds. The first-order valence-electron chi connectivity index (χ1n) is 4.64. The van der Waals surface area contributed by atoms with E-state index in [-0.39, 0.29) is 17.5 Å². The number of hydrogen-bond donors (Lipinski definition) is 3. The van der Waals surface area contributed by atoms with E-state index in [9.17, 15) is 0 Å². The Morgan fingerprint density at radius 1 is 1.00 bits per heavy atom. The fraction of sp³-hybridized carbons (Fsp3) is 1.00. The minimum Gasteiger partial charge on any atom is -0.379 e. The number of nitrogens with one attached hydrogen (secondary N) is 3. The Hall–Kier alpha value is 0.380. The first-order valence-corrected chi connectivity index (χ1v) is 5.51. The summed E-state index contributed by atoms with van der Waals surface area (Å²) in [4.78, 5) is 2.22. The molecule has 0 aromatic rings. The second kappa shape index (κ2) is 4.94. The molecule has 2 heterocycles. The summed E-state index contributed by atoms with van der Waals surface area (Å²) in [5.74, 6) is 0. The van der Waals surface area contributed by atoms with E-state index in [1.165, 1.54) is 0 Å². The van der Waals surface area contributed by atoms with Gasteiger partial charge in [0, 0.05) is 13.1 Å². The van der Waals surface area contributed by atoms with Gasteiger partial charge in [0.15, 0.2) is 0 Å². The second-order valence-electron chi connectivity index (χ2n) is 3.28. The molecule has 0 radical (unpaired) electrons. The summed E-state index contributed by atoms with van der Waals surface area (Å²) >= 11 is 11.8. The van der Waals surface area contributed by atoms with Crippen LogP contribution in [0.5, 0.6) is 0 Å². The molecule has 0 bridgehead atoms. The van der Waals surface area contributed by atoms with Crippen LogP contribution >= 0.6 is 23.2 Å². The van der Waals surface area contributed by atoms with E-state index in [1.54, 1.807) is 0 Å². The molecule has 0 aliphatic carbocycles. The maximum atomic E-state index is 5.92. The minimum absolute atomic E-state index is 0.0187. The van der Waals surface area contributed by atoms with E-state index in [0.717, 1.165) is 26.3 Å². The number of morpholine rings is 1. The fourth-order valence-electron chi connectivity index (χ4n) is 1.60. The summed E-state index contributed by atoms with van der Waals surface area (Å²) in [6, 6.07) is 0. The van der Waals surface area contributed by atoms with Crippen LogP contribution in [0.3, 0.4) is 0 Å². The second-order valence-corrected chi connectivity index (χ2v) is 4.15. The van der Waals surface area contributed by atoms with Crippen molar-refractivity contribution in [1.82, 2.24) is 20.9 Å². The van der Waals surface area contributed by atoms with Gasteiger partial charge in [0.05, 0.1) is 13.2 Å². The molecule has 2 aliphatic heterocycles. The largest absolute Gasteiger partial charge is 0.379 e. The molecule has 7 heteroatoms. The third-order valence-corrected chi connectivity index (χ3v) is 2.82. The van der Waals surface area contributed by atoms with E-state index in [1.807, 2.05) is 0 Å². The highest BCUT2D eigenvalue weighted by atomic mass is 35.5. The summed E-state index contributed by atoms with van der Waals surface area (Å²) in [6.07, 6.45) is 0.0187. The Bertz CT molecular complexity index is 181. The Morgan fingerprint density at radius 3 is 2.14 bits per heavy atom. The van der Waals surface area contributed by atoms with E-state index in [4.69, 9.17) is 27.9 Å². The number of halogens is 2. The molecule has 2 fully saturated rings. The van der Waals surface area contributed by atoms with Gasteiger partial charge in [-0.3, -0.25) is 20.9 Å². The molecule has 2 aliphatic rings. The topological polar surface area (TPSA) is 48.6 Å². The van der Waals surface area contributed by atoms with Gasteiger partial charge < -0.3 is 4.74 Å². The summed E-state index contributed by atoms with van der Waals surface area (Å²) in [5.41, 5.74) is -0.599. The summed E-state index contributed by atoms with van der Waals surface area (Å²) < 4.78 is 5.27. The van der Waals surface area contributed by atoms with Gasteiger partial charge in [0.2, 0.25) is 0 Å². The zero-order valence-corrected chi connectivity index (χ0v) is 9.18. The lowest BCUT2D eigenvalue weighted by Gasteiger charge is -2.41. The van der Waals surface area contributed by atoms with Crippen LogP contribution in [-0.2, 0) is 4.74 Å². The normalized spacial score (nSPS) is 41.1. The van der Waals surface area contributed by atoms with Gasteiger partial charge in [0.1, 0.15) is 17.5 Å². The van der Waals surface area contributed by atoms with Crippen LogP contribution in [0.25, 0.3) is 0 Å². The standard InChI is InChI=1S/C7H14Cl2N4O/c8-5-10-6(9)12-7(11-5)13-1-3-14-4-2-13/h5-7,10-12H,1-4H2. The van der Waals surface area contributed by atoms with Crippen LogP contribution in [0.15, 0.2) is 0 Å². The number of hydrogen-bond acceptors (Lipinski definition) is 5. The summed E-state index contributed by atoms with van der Waals surface area (Å²) in [7, 11) is 0. The average molecular weight is 241 g/mol. The zero-order valence-electron chi connectivity index (χ0n) is 7.67. The van der Waals surface area contributed by atoms with Crippen molar-refractivity contribution in [3.05, 3.63) is 0 Å². The number of ether oxygens (including phenoxy) is 1. The van der Waals surface area contributed by atoms with Crippen LogP contribution < -0.4 is 16.0 Å². The van der Waals surface area contributed by atoms with E-state index < -0.39 is 0 Å². The number of rotatable bonds is 1. The van der Waals surface area contributed by atoms with Crippen LogP contribution in [0.4, 0.5) is 0 Å². The summed E-state index contributed by atoms with van der Waals surface area (Å²) in [5, 5.41) is 9.19. The third-order valence-electron chi connectivity index (χ3n) is 2.31. The molecule has 0 spiro atoms. The Balaban J connectivity index is 1.88. The summed E-state index contributed by atoms with van der Waals surface area (Å²) in [6.45, 7) is 3.29. The van der Waals surface area contributed by atoms with Crippen LogP contribution in [0, 0.1) is 0 Å². The average Bonchev–Trinajstić information content (AvgIpc) is 2.18. The van der Waals surface area contributed by atoms with Gasteiger partial charge in [0.25, 0.3) is 0 Å². The quantitative estimate of drug-likeness (QED) is 0.424. The van der Waals surface area contributed by atoms with Crippen molar-refractivity contribution in [2.45, 2.75) is 17.5 Å². The fourth-order valence-corrected chi connectivity index (χ4v) is 2.15. The van der Waals surface area contributed by atoms with Crippen molar-refractivity contribution in [1.29, 1.82) is 0 Å². The van der Waals surface area contributed by atoms with Crippen molar-refractivity contribution in [2.24, 2.45) is 0 Å². The first kappa shape index (κ1) is 10.9. The number of nitrogens with zero attached hydrogens (tertiary/aromatic N) is 1. The third kappa shape index (κ3) is 2.70. The SMILES string of the molecule is ClC1NC(Cl)NC(N2CCOCC2)N1. The molecule has 2 saturated heterocycles. The van der Waals surface area contributed by atoms with Crippen LogP contribution in [0.1, 0.15) is 0 Å². The van der Waals surface area contributed by atoms with Gasteiger partial charge >= 0.3 is 0 Å². The predicted molar refractivity (Wildman–Crippen MR) is 54.9 cm³/mol. The lowest BCUT2D eigenvalue weighted by atomic mass is 10.4. The molecule has 0 saturated carbocycles. The smallest absolute Gasteiger partial charge is 0.139 e. The highest BCUT2D eigenvalue weighted by Gasteiger charge is 2.29. The molecular formula is C7H14Cl2N4O. The molecule has 14 heavy (non-hydrogen) atoms. The van der Waals surface area contributed by atoms with Crippen molar-refractivity contribution in [2.75, 3.05) is 26.3 Å². The van der Waals surface area contributed by atoms with Gasteiger partial charge in [-0.1, -0.05) is 23.2 Å². The van der Waals surface area contributed by atoms with Crippen molar-refractivity contribution < 1.29 is 4.74 Å².